The van der Waals surface area contributed by atoms with E-state index in [1.807, 2.05) is 48.5 Å². The second-order valence-corrected chi connectivity index (χ2v) is 22.7. The minimum Gasteiger partial charge on any atom is -0.480 e. The lowest BCUT2D eigenvalue weighted by Gasteiger charge is -2.33. The zero-order chi connectivity index (χ0) is 65.5. The van der Waals surface area contributed by atoms with E-state index in [1.165, 1.54) is 0 Å². The molecule has 0 aromatic heterocycles. The Hall–Kier alpha value is -7.91. The molecule has 5 rings (SSSR count). The number of nitrogens with one attached hydrogen (secondary N) is 4. The van der Waals surface area contributed by atoms with Gasteiger partial charge in [-0.3, -0.25) is 82.4 Å². The largest absolute Gasteiger partial charge is 0.480 e. The topological polar surface area (TPSA) is 413 Å². The molecule has 90 heavy (non-hydrogen) atoms. The van der Waals surface area contributed by atoms with Gasteiger partial charge in [0.2, 0.25) is 17.7 Å². The van der Waals surface area contributed by atoms with Gasteiger partial charge in [-0.05, 0) is 60.8 Å². The van der Waals surface area contributed by atoms with Gasteiger partial charge >= 0.3 is 47.9 Å². The zero-order valence-corrected chi connectivity index (χ0v) is 50.8. The number of ether oxygens (including phenoxy) is 1. The highest BCUT2D eigenvalue weighted by molar-refractivity contribution is 5.88. The molecule has 2 aromatic rings. The second-order valence-electron chi connectivity index (χ2n) is 22.7. The van der Waals surface area contributed by atoms with Gasteiger partial charge in [-0.2, -0.15) is 0 Å². The van der Waals surface area contributed by atoms with Crippen molar-refractivity contribution >= 4 is 65.6 Å². The van der Waals surface area contributed by atoms with Gasteiger partial charge in [0, 0.05) is 124 Å². The minimum absolute atomic E-state index is 0.00930. The molecule has 4 amide bonds. The Morgan fingerprint density at radius 2 is 0.700 bits per heavy atom. The van der Waals surface area contributed by atoms with E-state index in [0.29, 0.717) is 12.8 Å². The summed E-state index contributed by atoms with van der Waals surface area (Å²) in [6.07, 6.45) is 0.317. The Labute approximate surface area is 521 Å². The van der Waals surface area contributed by atoms with Gasteiger partial charge in [0.15, 0.2) is 0 Å². The van der Waals surface area contributed by atoms with Gasteiger partial charge < -0.3 is 61.7 Å². The van der Waals surface area contributed by atoms with Crippen molar-refractivity contribution in [1.82, 2.24) is 60.5 Å². The van der Waals surface area contributed by atoms with Crippen LogP contribution >= 0.6 is 0 Å². The summed E-state index contributed by atoms with van der Waals surface area (Å²) in [4.78, 5) is 151. The molecule has 2 heterocycles. The predicted molar refractivity (Wildman–Crippen MR) is 323 cm³/mol. The molecule has 31 nitrogen and oxygen atoms in total. The lowest BCUT2D eigenvalue weighted by atomic mass is 9.98. The molecule has 498 valence electrons. The van der Waals surface area contributed by atoms with Crippen molar-refractivity contribution in [2.24, 2.45) is 0 Å². The minimum atomic E-state index is -1.31. The highest BCUT2D eigenvalue weighted by atomic mass is 16.5. The molecule has 0 saturated carbocycles. The van der Waals surface area contributed by atoms with Crippen LogP contribution in [0.4, 0.5) is 4.79 Å². The molecular weight excluding hydrogens is 1180 g/mol. The van der Waals surface area contributed by atoms with Crippen LogP contribution in [0.2, 0.25) is 0 Å². The van der Waals surface area contributed by atoms with E-state index in [1.54, 1.807) is 39.2 Å². The molecule has 0 bridgehead atoms. The summed E-state index contributed by atoms with van der Waals surface area (Å²) in [6, 6.07) is 13.1. The van der Waals surface area contributed by atoms with E-state index in [4.69, 9.17) is 4.74 Å². The monoisotopic (exact) mass is 1270 g/mol. The van der Waals surface area contributed by atoms with E-state index >= 15 is 0 Å². The molecule has 3 aliphatic rings. The number of carboxylic acids is 7. The maximum atomic E-state index is 14.0. The first-order chi connectivity index (χ1) is 43.0. The van der Waals surface area contributed by atoms with Crippen molar-refractivity contribution in [2.45, 2.75) is 56.5 Å². The third kappa shape index (κ3) is 27.5. The van der Waals surface area contributed by atoms with Gasteiger partial charge in [-0.1, -0.05) is 48.5 Å². The Kier molecular flexibility index (Phi) is 31.2. The first-order valence-electron chi connectivity index (χ1n) is 30.3. The molecule has 2 aromatic carbocycles. The van der Waals surface area contributed by atoms with Gasteiger partial charge in [0.25, 0.3) is 0 Å². The van der Waals surface area contributed by atoms with E-state index in [2.05, 4.69) is 21.3 Å². The molecule has 0 radical (unpaired) electrons. The Morgan fingerprint density at radius 1 is 0.389 bits per heavy atom. The zero-order valence-electron chi connectivity index (χ0n) is 50.8. The van der Waals surface area contributed by atoms with E-state index < -0.39 is 77.7 Å². The van der Waals surface area contributed by atoms with Crippen LogP contribution in [-0.4, -0.2) is 329 Å². The van der Waals surface area contributed by atoms with Crippen LogP contribution in [-0.2, 0) is 52.7 Å². The normalized spacial score (nSPS) is 17.7. The standard InChI is InChI=1S/C59H88N12O19/c72-49(33-64-17-21-66(35-51(74)75)25-29-70(39-55(82)83)30-26-67(22-18-64)36-52(76)77)60-15-7-5-13-47(62-50(73)34-65-19-23-68(37-53(78)79)27-31-71(40-56(84)85)32-28-69(24-20-65)38-54(80)81)57(86)61-16-8-6-14-48(58(87)88)63-59(89)90-41-46-44-11-3-1-9-42(44)43-10-2-4-12-45(43)46/h1-4,9-12,46-48H,5-8,13-41H2,(H,60,72)(H,61,86)(H,62,73)(H,63,89)(H,74,75)(H,76,77)(H,78,79)(H,80,81)(H,82,83)(H,84,85)(H,87,88). The van der Waals surface area contributed by atoms with Crippen molar-refractivity contribution in [1.29, 1.82) is 0 Å². The van der Waals surface area contributed by atoms with Crippen molar-refractivity contribution < 1.29 is 93.2 Å². The van der Waals surface area contributed by atoms with Crippen LogP contribution in [0.3, 0.4) is 0 Å². The number of carbonyl (C=O) groups excluding carboxylic acids is 4. The summed E-state index contributed by atoms with van der Waals surface area (Å²) in [5.74, 6) is -9.71. The third-order valence-corrected chi connectivity index (χ3v) is 15.8. The predicted octanol–water partition coefficient (Wildman–Crippen LogP) is -2.01. The average Bonchev–Trinajstić information content (AvgIpc) is 1.89. The summed E-state index contributed by atoms with van der Waals surface area (Å²) >= 11 is 0. The molecule has 2 atom stereocenters. The molecule has 2 saturated heterocycles. The maximum absolute atomic E-state index is 14.0. The average molecular weight is 1270 g/mol. The first-order valence-corrected chi connectivity index (χ1v) is 30.3. The van der Waals surface area contributed by atoms with Gasteiger partial charge in [0.1, 0.15) is 18.7 Å². The van der Waals surface area contributed by atoms with E-state index in [0.717, 1.165) is 22.3 Å². The SMILES string of the molecule is O=C(O)CN1CCN(CC(=O)O)CCN(CC(=O)NCCCCC(NC(=O)CN2CCN(CC(=O)O)CCN(CC(=O)O)CCN(CC(=O)O)CC2)C(=O)NCCCCC(NC(=O)OCC2c3ccccc3-c3ccccc32)C(=O)O)CCN(CC(=O)O)CC1. The van der Waals surface area contributed by atoms with Crippen LogP contribution in [0.5, 0.6) is 0 Å². The number of amides is 4. The van der Waals surface area contributed by atoms with Crippen LogP contribution in [0, 0.1) is 0 Å². The molecule has 2 fully saturated rings. The molecule has 2 aliphatic heterocycles. The van der Waals surface area contributed by atoms with Crippen molar-refractivity contribution in [2.75, 3.05) is 177 Å². The molecule has 2 unspecified atom stereocenters. The number of aliphatic carboxylic acids is 7. The fraction of sp³-hybridized carbons (Fsp3) is 0.610. The summed E-state index contributed by atoms with van der Waals surface area (Å²) in [6.45, 7) is 0.530. The number of carboxylic acid groups (broad SMARTS) is 7. The lowest BCUT2D eigenvalue weighted by molar-refractivity contribution is -0.140. The van der Waals surface area contributed by atoms with Gasteiger partial charge in [0.05, 0.1) is 52.4 Å². The number of nitrogens with zero attached hydrogens (tertiary/aromatic N) is 8. The quantitative estimate of drug-likeness (QED) is 0.0353. The maximum Gasteiger partial charge on any atom is 0.407 e. The Morgan fingerprint density at radius 3 is 1.04 bits per heavy atom. The van der Waals surface area contributed by atoms with Crippen molar-refractivity contribution in [3.8, 4) is 11.1 Å². The number of alkyl carbamates (subject to hydrolysis) is 1. The van der Waals surface area contributed by atoms with Crippen LogP contribution in [0.15, 0.2) is 48.5 Å². The number of benzene rings is 2. The number of fused-ring (bicyclic) bond motifs is 3. The number of hydrogen-bond acceptors (Lipinski definition) is 20. The van der Waals surface area contributed by atoms with Gasteiger partial charge in [-0.15, -0.1) is 0 Å². The summed E-state index contributed by atoms with van der Waals surface area (Å²) in [5, 5.41) is 78.6. The fourth-order valence-electron chi connectivity index (χ4n) is 11.1. The molecule has 31 heteroatoms. The number of unbranched alkanes of at least 4 members (excludes halogenated alkanes) is 2. The summed E-state index contributed by atoms with van der Waals surface area (Å²) in [7, 11) is 0. The van der Waals surface area contributed by atoms with Crippen molar-refractivity contribution in [3.63, 3.8) is 0 Å². The van der Waals surface area contributed by atoms with Crippen LogP contribution < -0.4 is 21.3 Å². The van der Waals surface area contributed by atoms with Crippen molar-refractivity contribution in [3.05, 3.63) is 59.7 Å². The molecule has 11 N–H and O–H groups in total. The molecular formula is C59H88N12O19. The Balaban J connectivity index is 1.21. The first kappa shape index (κ1) is 72.8. The van der Waals surface area contributed by atoms with Gasteiger partial charge in [-0.25, -0.2) is 9.59 Å². The number of carbonyl (C=O) groups is 11. The van der Waals surface area contributed by atoms with Crippen LogP contribution in [0.1, 0.15) is 55.6 Å². The van der Waals surface area contributed by atoms with E-state index in [9.17, 15) is 88.5 Å². The number of hydrogen-bond donors (Lipinski definition) is 11. The highest BCUT2D eigenvalue weighted by Gasteiger charge is 2.31. The van der Waals surface area contributed by atoms with Crippen LogP contribution in [0.25, 0.3) is 11.1 Å². The third-order valence-electron chi connectivity index (χ3n) is 15.8. The summed E-state index contributed by atoms with van der Waals surface area (Å²) in [5.41, 5.74) is 4.03. The number of rotatable bonds is 32. The lowest BCUT2D eigenvalue weighted by Crippen LogP contribution is -2.52. The molecule has 0 spiro atoms. The fourth-order valence-corrected chi connectivity index (χ4v) is 11.1. The Bertz CT molecular complexity index is 2630. The van der Waals surface area contributed by atoms with E-state index in [-0.39, 0.29) is 208 Å². The second kappa shape index (κ2) is 38.6. The summed E-state index contributed by atoms with van der Waals surface area (Å²) < 4.78 is 5.57. The smallest absolute Gasteiger partial charge is 0.407 e. The highest BCUT2D eigenvalue weighted by Crippen LogP contribution is 2.44. The molecule has 1 aliphatic carbocycles.